The lowest BCUT2D eigenvalue weighted by Crippen LogP contribution is -2.34. The van der Waals surface area contributed by atoms with Gasteiger partial charge < -0.3 is 10.6 Å². The van der Waals surface area contributed by atoms with Crippen molar-refractivity contribution in [2.24, 2.45) is 11.8 Å². The van der Waals surface area contributed by atoms with E-state index in [1.807, 2.05) is 18.2 Å². The van der Waals surface area contributed by atoms with Crippen molar-refractivity contribution < 1.29 is 4.79 Å². The van der Waals surface area contributed by atoms with Crippen LogP contribution < -0.4 is 10.6 Å². The highest BCUT2D eigenvalue weighted by Gasteiger charge is 2.22. The molecule has 1 heterocycles. The fraction of sp³-hybridized carbons (Fsp3) is 0.533. The van der Waals surface area contributed by atoms with Crippen LogP contribution in [0.15, 0.2) is 27.1 Å². The second-order valence-corrected chi connectivity index (χ2v) is 7.23. The van der Waals surface area contributed by atoms with Crippen molar-refractivity contribution in [3.05, 3.63) is 27.1 Å². The van der Waals surface area contributed by atoms with Crippen LogP contribution in [0.2, 0.25) is 0 Å². The molecule has 2 N–H and O–H groups in total. The lowest BCUT2D eigenvalue weighted by atomic mass is 9.85. The number of carbonyl (C=O) groups excluding carboxylic acids is 1. The van der Waals surface area contributed by atoms with E-state index in [4.69, 9.17) is 0 Å². The maximum atomic E-state index is 12.2. The van der Waals surface area contributed by atoms with Gasteiger partial charge in [0.1, 0.15) is 0 Å². The Kier molecular flexibility index (Phi) is 6.05. The van der Waals surface area contributed by atoms with Crippen LogP contribution in [0.5, 0.6) is 0 Å². The molecule has 1 aromatic carbocycles. The van der Waals surface area contributed by atoms with Crippen molar-refractivity contribution in [2.45, 2.75) is 26.2 Å². The first kappa shape index (κ1) is 16.0. The number of rotatable bonds is 4. The molecule has 0 bridgehead atoms. The van der Waals surface area contributed by atoms with Gasteiger partial charge in [-0.15, -0.1) is 0 Å². The Morgan fingerprint density at radius 2 is 2.30 bits per heavy atom. The summed E-state index contributed by atoms with van der Waals surface area (Å²) < 4.78 is 1.86. The van der Waals surface area contributed by atoms with Crippen molar-refractivity contribution in [3.8, 4) is 0 Å². The molecule has 0 aliphatic carbocycles. The Hall–Kier alpha value is -0.390. The van der Waals surface area contributed by atoms with Gasteiger partial charge in [0.2, 0.25) is 5.91 Å². The summed E-state index contributed by atoms with van der Waals surface area (Å²) in [6.45, 7) is 4.32. The second kappa shape index (κ2) is 7.57. The Bertz CT molecular complexity index is 473. The predicted molar refractivity (Wildman–Crippen MR) is 89.8 cm³/mol. The maximum absolute atomic E-state index is 12.2. The fourth-order valence-electron chi connectivity index (χ4n) is 2.62. The molecular formula is C15H20Br2N2O. The lowest BCUT2D eigenvalue weighted by Gasteiger charge is -2.28. The zero-order chi connectivity index (χ0) is 14.5. The number of amides is 1. The van der Waals surface area contributed by atoms with Crippen LogP contribution in [0, 0.1) is 11.8 Å². The first-order chi connectivity index (χ1) is 9.56. The van der Waals surface area contributed by atoms with E-state index in [1.54, 1.807) is 0 Å². The molecular weight excluding hydrogens is 384 g/mol. The zero-order valence-corrected chi connectivity index (χ0v) is 14.8. The summed E-state index contributed by atoms with van der Waals surface area (Å²) >= 11 is 6.88. The van der Waals surface area contributed by atoms with Crippen LogP contribution in [0.25, 0.3) is 0 Å². The van der Waals surface area contributed by atoms with E-state index in [0.29, 0.717) is 18.3 Å². The summed E-state index contributed by atoms with van der Waals surface area (Å²) in [5.74, 6) is 1.11. The second-order valence-electron chi connectivity index (χ2n) is 5.46. The number of hydrogen-bond donors (Lipinski definition) is 2. The molecule has 1 aliphatic heterocycles. The summed E-state index contributed by atoms with van der Waals surface area (Å²) in [6, 6.07) is 5.78. The van der Waals surface area contributed by atoms with Gasteiger partial charge in [0.05, 0.1) is 5.69 Å². The fourth-order valence-corrected chi connectivity index (χ4v) is 3.32. The highest BCUT2D eigenvalue weighted by molar-refractivity contribution is 9.11. The molecule has 2 rings (SSSR count). The van der Waals surface area contributed by atoms with Gasteiger partial charge in [-0.1, -0.05) is 22.9 Å². The van der Waals surface area contributed by atoms with Crippen molar-refractivity contribution >= 4 is 43.5 Å². The van der Waals surface area contributed by atoms with Crippen LogP contribution in [-0.4, -0.2) is 19.0 Å². The van der Waals surface area contributed by atoms with Gasteiger partial charge in [0.25, 0.3) is 0 Å². The van der Waals surface area contributed by atoms with Crippen LogP contribution in [0.1, 0.15) is 26.2 Å². The third-order valence-electron chi connectivity index (χ3n) is 3.85. The predicted octanol–water partition coefficient (Wildman–Crippen LogP) is 4.18. The Balaban J connectivity index is 1.89. The first-order valence-electron chi connectivity index (χ1n) is 7.02. The van der Waals surface area contributed by atoms with E-state index < -0.39 is 0 Å². The van der Waals surface area contributed by atoms with Crippen molar-refractivity contribution in [2.75, 3.05) is 18.4 Å². The van der Waals surface area contributed by atoms with Gasteiger partial charge in [-0.25, -0.2) is 0 Å². The van der Waals surface area contributed by atoms with Gasteiger partial charge in [-0.2, -0.15) is 0 Å². The molecule has 20 heavy (non-hydrogen) atoms. The molecule has 1 fully saturated rings. The van der Waals surface area contributed by atoms with Crippen molar-refractivity contribution in [1.29, 1.82) is 0 Å². The summed E-state index contributed by atoms with van der Waals surface area (Å²) in [5.41, 5.74) is 0.818. The summed E-state index contributed by atoms with van der Waals surface area (Å²) in [6.07, 6.45) is 3.02. The molecule has 0 radical (unpaired) electrons. The Morgan fingerprint density at radius 3 is 3.00 bits per heavy atom. The molecule has 1 amide bonds. The van der Waals surface area contributed by atoms with Gasteiger partial charge in [0.15, 0.2) is 0 Å². The molecule has 1 aromatic rings. The number of anilines is 1. The Labute approximate surface area is 137 Å². The monoisotopic (exact) mass is 402 g/mol. The molecule has 5 heteroatoms. The summed E-state index contributed by atoms with van der Waals surface area (Å²) in [5, 5.41) is 6.39. The number of carbonyl (C=O) groups is 1. The molecule has 0 aromatic heterocycles. The number of piperidine rings is 1. The lowest BCUT2D eigenvalue weighted by molar-refractivity contribution is -0.117. The average molecular weight is 404 g/mol. The van der Waals surface area contributed by atoms with E-state index in [-0.39, 0.29) is 5.91 Å². The molecule has 1 saturated heterocycles. The summed E-state index contributed by atoms with van der Waals surface area (Å²) in [7, 11) is 0. The molecule has 1 aliphatic rings. The average Bonchev–Trinajstić information content (AvgIpc) is 2.43. The maximum Gasteiger partial charge on any atom is 0.224 e. The molecule has 3 nitrogen and oxygen atoms in total. The highest BCUT2D eigenvalue weighted by atomic mass is 79.9. The number of hydrogen-bond acceptors (Lipinski definition) is 2. The SMILES string of the molecule is CC(CC(=O)Nc1cc(Br)ccc1Br)C1CCCNC1. The number of benzene rings is 1. The van der Waals surface area contributed by atoms with Crippen LogP contribution >= 0.6 is 31.9 Å². The zero-order valence-electron chi connectivity index (χ0n) is 11.6. The molecule has 110 valence electrons. The number of nitrogens with one attached hydrogen (secondary N) is 2. The third kappa shape index (κ3) is 4.57. The smallest absolute Gasteiger partial charge is 0.224 e. The minimum atomic E-state index is 0.0851. The van der Waals surface area contributed by atoms with Gasteiger partial charge in [-0.3, -0.25) is 4.79 Å². The van der Waals surface area contributed by atoms with Gasteiger partial charge >= 0.3 is 0 Å². The first-order valence-corrected chi connectivity index (χ1v) is 8.60. The van der Waals surface area contributed by atoms with Gasteiger partial charge in [0, 0.05) is 15.4 Å². The van der Waals surface area contributed by atoms with Crippen LogP contribution in [0.3, 0.4) is 0 Å². The normalized spacial score (nSPS) is 20.4. The van der Waals surface area contributed by atoms with E-state index in [9.17, 15) is 4.79 Å². The Morgan fingerprint density at radius 1 is 1.50 bits per heavy atom. The largest absolute Gasteiger partial charge is 0.325 e. The van der Waals surface area contributed by atoms with E-state index in [1.165, 1.54) is 12.8 Å². The molecule has 2 unspecified atom stereocenters. The van der Waals surface area contributed by atoms with Crippen LogP contribution in [0.4, 0.5) is 5.69 Å². The van der Waals surface area contributed by atoms with Gasteiger partial charge in [-0.05, 0) is 71.9 Å². The third-order valence-corrected chi connectivity index (χ3v) is 5.03. The molecule has 2 atom stereocenters. The highest BCUT2D eigenvalue weighted by Crippen LogP contribution is 2.27. The molecule has 0 spiro atoms. The summed E-state index contributed by atoms with van der Waals surface area (Å²) in [4.78, 5) is 12.2. The van der Waals surface area contributed by atoms with E-state index in [2.05, 4.69) is 49.4 Å². The standard InChI is InChI=1S/C15H20Br2N2O/c1-10(11-3-2-6-18-9-11)7-15(20)19-14-8-12(16)4-5-13(14)17/h4-5,8,10-11,18H,2-3,6-7,9H2,1H3,(H,19,20). The number of halogens is 2. The van der Waals surface area contributed by atoms with Crippen molar-refractivity contribution in [1.82, 2.24) is 5.32 Å². The van der Waals surface area contributed by atoms with E-state index >= 15 is 0 Å². The van der Waals surface area contributed by atoms with E-state index in [0.717, 1.165) is 27.7 Å². The topological polar surface area (TPSA) is 41.1 Å². The minimum Gasteiger partial charge on any atom is -0.325 e. The minimum absolute atomic E-state index is 0.0851. The molecule has 0 saturated carbocycles. The van der Waals surface area contributed by atoms with Crippen molar-refractivity contribution in [3.63, 3.8) is 0 Å². The van der Waals surface area contributed by atoms with Crippen LogP contribution in [-0.2, 0) is 4.79 Å². The quantitative estimate of drug-likeness (QED) is 0.791.